The van der Waals surface area contributed by atoms with Crippen molar-refractivity contribution in [3.63, 3.8) is 0 Å². The lowest BCUT2D eigenvalue weighted by molar-refractivity contribution is -0.145. The molecule has 2 aromatic carbocycles. The highest BCUT2D eigenvalue weighted by Crippen LogP contribution is 2.39. The van der Waals surface area contributed by atoms with E-state index < -0.39 is 17.9 Å². The number of carbonyl (C=O) groups excluding carboxylic acids is 1. The molecule has 1 saturated heterocycles. The number of aliphatic carboxylic acids is 1. The largest absolute Gasteiger partial charge is 0.480 e. The van der Waals surface area contributed by atoms with Crippen molar-refractivity contribution in [3.8, 4) is 17.3 Å². The molecule has 2 heterocycles. The number of hydrogen-bond acceptors (Lipinski definition) is 6. The first-order valence-electron chi connectivity index (χ1n) is 11.2. The predicted octanol–water partition coefficient (Wildman–Crippen LogP) is 6.44. The van der Waals surface area contributed by atoms with Crippen molar-refractivity contribution in [2.45, 2.75) is 33.2 Å². The molecule has 1 fully saturated rings. The van der Waals surface area contributed by atoms with Crippen LogP contribution < -0.4 is 4.74 Å². The number of carboxylic acids is 1. The Morgan fingerprint density at radius 2 is 1.86 bits per heavy atom. The van der Waals surface area contributed by atoms with E-state index in [1.54, 1.807) is 10.8 Å². The molecule has 0 spiro atoms. The number of hydrogen-bond donors (Lipinski definition) is 1. The summed E-state index contributed by atoms with van der Waals surface area (Å²) in [6.07, 6.45) is 1.99. The summed E-state index contributed by atoms with van der Waals surface area (Å²) in [5, 5.41) is 14.5. The number of amides is 1. The second-order valence-corrected chi connectivity index (χ2v) is 11.2. The average Bonchev–Trinajstić information content (AvgIpc) is 3.29. The Morgan fingerprint density at radius 1 is 1.19 bits per heavy atom. The van der Waals surface area contributed by atoms with E-state index in [1.807, 2.05) is 75.4 Å². The number of ether oxygens (including phenoxy) is 1. The van der Waals surface area contributed by atoms with Gasteiger partial charge in [-0.25, -0.2) is 4.79 Å². The van der Waals surface area contributed by atoms with Crippen LogP contribution in [0.2, 0.25) is 0 Å². The number of carboxylic acid groups (broad SMARTS) is 1. The first-order valence-corrected chi connectivity index (χ1v) is 13.3. The van der Waals surface area contributed by atoms with Gasteiger partial charge in [-0.15, -0.1) is 0 Å². The minimum Gasteiger partial charge on any atom is -0.480 e. The van der Waals surface area contributed by atoms with E-state index in [1.165, 1.54) is 4.90 Å². The van der Waals surface area contributed by atoms with Gasteiger partial charge in [-0.1, -0.05) is 72.0 Å². The summed E-state index contributed by atoms with van der Waals surface area (Å²) < 4.78 is 9.11. The van der Waals surface area contributed by atoms with Crippen molar-refractivity contribution in [2.24, 2.45) is 5.92 Å². The molecule has 0 aliphatic carbocycles. The summed E-state index contributed by atoms with van der Waals surface area (Å²) in [6.45, 7) is 5.66. The van der Waals surface area contributed by atoms with Crippen LogP contribution in [0.1, 0.15) is 31.5 Å². The zero-order valence-corrected chi connectivity index (χ0v) is 23.1. The number of para-hydroxylation sites is 1. The molecule has 1 aromatic heterocycles. The minimum atomic E-state index is -1.08. The molecule has 1 atom stereocenters. The first-order chi connectivity index (χ1) is 17.2. The Kier molecular flexibility index (Phi) is 7.97. The van der Waals surface area contributed by atoms with Crippen LogP contribution in [0, 0.1) is 12.8 Å². The molecular weight excluding hydrogens is 562 g/mol. The molecule has 4 rings (SSSR count). The van der Waals surface area contributed by atoms with Gasteiger partial charge < -0.3 is 9.84 Å². The van der Waals surface area contributed by atoms with Gasteiger partial charge in [0.2, 0.25) is 5.88 Å². The van der Waals surface area contributed by atoms with Crippen molar-refractivity contribution in [1.82, 2.24) is 14.7 Å². The number of aromatic nitrogens is 2. The first kappa shape index (κ1) is 26.1. The van der Waals surface area contributed by atoms with Gasteiger partial charge in [0.25, 0.3) is 5.91 Å². The van der Waals surface area contributed by atoms with E-state index in [9.17, 15) is 14.7 Å². The van der Waals surface area contributed by atoms with E-state index in [2.05, 4.69) is 21.0 Å². The van der Waals surface area contributed by atoms with Gasteiger partial charge in [-0.2, -0.15) is 9.78 Å². The summed E-state index contributed by atoms with van der Waals surface area (Å²) in [6, 6.07) is 15.9. The molecule has 10 heteroatoms. The second-order valence-electron chi connectivity index (χ2n) is 8.64. The summed E-state index contributed by atoms with van der Waals surface area (Å²) in [5.41, 5.74) is 2.05. The molecule has 0 unspecified atom stereocenters. The smallest absolute Gasteiger partial charge is 0.326 e. The molecule has 0 bridgehead atoms. The highest BCUT2D eigenvalue weighted by molar-refractivity contribution is 9.10. The molecular formula is C26H24BrN3O4S2. The standard InChI is InChI=1S/C26H24BrN3O4S2/c1-15(2)13-21(25(32)33)29-23(31)22(36-26(29)35)14-20-16(3)28-30(18-7-5-4-6-8-18)24(20)34-19-11-9-17(27)10-12-19/h4-12,14-15,21H,13H2,1-3H3,(H,32,33)/b22-14-/t21-/m0/s1. The Morgan fingerprint density at radius 3 is 2.47 bits per heavy atom. The normalized spacial score (nSPS) is 15.7. The quantitative estimate of drug-likeness (QED) is 0.240. The topological polar surface area (TPSA) is 84.7 Å². The fraction of sp³-hybridized carbons (Fsp3) is 0.231. The van der Waals surface area contributed by atoms with Gasteiger partial charge in [0.15, 0.2) is 0 Å². The van der Waals surface area contributed by atoms with Crippen LogP contribution in [0.25, 0.3) is 11.8 Å². The van der Waals surface area contributed by atoms with Crippen LogP contribution in [-0.2, 0) is 9.59 Å². The van der Waals surface area contributed by atoms with Gasteiger partial charge in [0, 0.05) is 4.47 Å². The molecule has 0 radical (unpaired) electrons. The summed E-state index contributed by atoms with van der Waals surface area (Å²) in [4.78, 5) is 26.8. The molecule has 1 aliphatic rings. The third kappa shape index (κ3) is 5.55. The number of rotatable bonds is 8. The van der Waals surface area contributed by atoms with Crippen LogP contribution in [0.4, 0.5) is 0 Å². The van der Waals surface area contributed by atoms with Gasteiger partial charge in [-0.05, 0) is 61.7 Å². The lowest BCUT2D eigenvalue weighted by Crippen LogP contribution is -2.44. The summed E-state index contributed by atoms with van der Waals surface area (Å²) in [5.74, 6) is -0.395. The van der Waals surface area contributed by atoms with Crippen LogP contribution in [0.5, 0.6) is 11.6 Å². The Balaban J connectivity index is 1.78. The number of carbonyl (C=O) groups is 2. The van der Waals surface area contributed by atoms with Crippen molar-refractivity contribution in [2.75, 3.05) is 0 Å². The number of thiocarbonyl (C=S) groups is 1. The Bertz CT molecular complexity index is 1340. The number of nitrogens with zero attached hydrogens (tertiary/aromatic N) is 3. The molecule has 7 nitrogen and oxygen atoms in total. The van der Waals surface area contributed by atoms with Crippen LogP contribution in [0.15, 0.2) is 64.0 Å². The minimum absolute atomic E-state index is 0.0805. The van der Waals surface area contributed by atoms with E-state index in [4.69, 9.17) is 17.0 Å². The third-order valence-corrected chi connectivity index (χ3v) is 7.34. The maximum absolute atomic E-state index is 13.4. The van der Waals surface area contributed by atoms with Crippen molar-refractivity contribution >= 4 is 62.2 Å². The highest BCUT2D eigenvalue weighted by atomic mass is 79.9. The molecule has 3 aromatic rings. The summed E-state index contributed by atoms with van der Waals surface area (Å²) in [7, 11) is 0. The number of benzene rings is 2. The zero-order valence-electron chi connectivity index (χ0n) is 19.8. The average molecular weight is 587 g/mol. The van der Waals surface area contributed by atoms with Crippen LogP contribution in [0.3, 0.4) is 0 Å². The maximum atomic E-state index is 13.4. The summed E-state index contributed by atoms with van der Waals surface area (Å²) >= 11 is 9.95. The predicted molar refractivity (Wildman–Crippen MR) is 148 cm³/mol. The highest BCUT2D eigenvalue weighted by Gasteiger charge is 2.41. The van der Waals surface area contributed by atoms with Gasteiger partial charge in [0.05, 0.1) is 21.8 Å². The third-order valence-electron chi connectivity index (χ3n) is 5.48. The van der Waals surface area contributed by atoms with Crippen LogP contribution >= 0.6 is 39.9 Å². The number of thioether (sulfide) groups is 1. The van der Waals surface area contributed by atoms with Crippen molar-refractivity contribution < 1.29 is 19.4 Å². The zero-order chi connectivity index (χ0) is 26.0. The molecule has 36 heavy (non-hydrogen) atoms. The molecule has 0 saturated carbocycles. The second kappa shape index (κ2) is 11.0. The van der Waals surface area contributed by atoms with E-state index in [0.717, 1.165) is 21.9 Å². The maximum Gasteiger partial charge on any atom is 0.326 e. The van der Waals surface area contributed by atoms with E-state index >= 15 is 0 Å². The number of aryl methyl sites for hydroxylation is 1. The molecule has 186 valence electrons. The lowest BCUT2D eigenvalue weighted by atomic mass is 10.0. The monoisotopic (exact) mass is 585 g/mol. The van der Waals surface area contributed by atoms with Crippen molar-refractivity contribution in [1.29, 1.82) is 0 Å². The Labute approximate surface area is 227 Å². The van der Waals surface area contributed by atoms with Crippen molar-refractivity contribution in [3.05, 3.63) is 75.2 Å². The SMILES string of the molecule is Cc1nn(-c2ccccc2)c(Oc2ccc(Br)cc2)c1/C=C1\SC(=S)N([C@@H](CC(C)C)C(=O)O)C1=O. The van der Waals surface area contributed by atoms with Gasteiger partial charge in [0.1, 0.15) is 16.1 Å². The van der Waals surface area contributed by atoms with E-state index in [-0.39, 0.29) is 10.2 Å². The van der Waals surface area contributed by atoms with Gasteiger partial charge >= 0.3 is 5.97 Å². The van der Waals surface area contributed by atoms with Gasteiger partial charge in [-0.3, -0.25) is 9.69 Å². The van der Waals surface area contributed by atoms with Crippen LogP contribution in [-0.4, -0.2) is 42.0 Å². The lowest BCUT2D eigenvalue weighted by Gasteiger charge is -2.24. The Hall–Kier alpha value is -2.95. The fourth-order valence-electron chi connectivity index (χ4n) is 3.78. The molecule has 1 amide bonds. The number of halogens is 1. The molecule has 1 N–H and O–H groups in total. The molecule has 1 aliphatic heterocycles. The van der Waals surface area contributed by atoms with E-state index in [0.29, 0.717) is 34.2 Å². The fourth-order valence-corrected chi connectivity index (χ4v) is 5.39.